The van der Waals surface area contributed by atoms with Crippen LogP contribution in [0.3, 0.4) is 0 Å². The highest BCUT2D eigenvalue weighted by Crippen LogP contribution is 2.22. The molecule has 0 unspecified atom stereocenters. The molecule has 0 fully saturated rings. The fraction of sp³-hybridized carbons (Fsp3) is 0.154. The van der Waals surface area contributed by atoms with E-state index >= 15 is 0 Å². The number of halogens is 1. The average molecular weight is 216 g/mol. The lowest BCUT2D eigenvalue weighted by atomic mass is 10.1. The van der Waals surface area contributed by atoms with Crippen LogP contribution in [-0.4, -0.2) is 12.0 Å². The van der Waals surface area contributed by atoms with Gasteiger partial charge in [0, 0.05) is 12.6 Å². The molecule has 82 valence electrons. The van der Waals surface area contributed by atoms with Crippen LogP contribution in [0.5, 0.6) is 0 Å². The van der Waals surface area contributed by atoms with E-state index in [4.69, 9.17) is 0 Å². The minimum Gasteiger partial charge on any atom is -0.387 e. The number of hydrogen-bond donors (Lipinski definition) is 1. The number of nitrogens with one attached hydrogen (secondary N) is 1. The van der Waals surface area contributed by atoms with Crippen LogP contribution >= 0.6 is 0 Å². The fourth-order valence-electron chi connectivity index (χ4n) is 1.62. The predicted molar refractivity (Wildman–Crippen MR) is 63.9 cm³/mol. The van der Waals surface area contributed by atoms with E-state index in [1.807, 2.05) is 26.1 Å². The summed E-state index contributed by atoms with van der Waals surface area (Å²) in [6.45, 7) is 1.88. The molecule has 2 aromatic rings. The highest BCUT2D eigenvalue weighted by atomic mass is 19.1. The largest absolute Gasteiger partial charge is 0.387 e. The summed E-state index contributed by atoms with van der Waals surface area (Å²) in [7, 11) is 1.85. The maximum absolute atomic E-state index is 13.0. The molecule has 1 heterocycles. The van der Waals surface area contributed by atoms with Gasteiger partial charge in [-0.3, -0.25) is 4.98 Å². The van der Waals surface area contributed by atoms with Gasteiger partial charge in [-0.1, -0.05) is 0 Å². The lowest BCUT2D eigenvalue weighted by Crippen LogP contribution is -1.91. The lowest BCUT2D eigenvalue weighted by molar-refractivity contribution is 0.627. The van der Waals surface area contributed by atoms with Gasteiger partial charge >= 0.3 is 0 Å². The van der Waals surface area contributed by atoms with E-state index in [0.717, 1.165) is 22.5 Å². The molecular formula is C13H13FN2. The number of benzene rings is 1. The van der Waals surface area contributed by atoms with Crippen molar-refractivity contribution in [3.63, 3.8) is 0 Å². The Labute approximate surface area is 94.2 Å². The number of rotatable bonds is 2. The van der Waals surface area contributed by atoms with Crippen LogP contribution < -0.4 is 5.32 Å². The molecule has 0 bridgehead atoms. The number of nitrogens with zero attached hydrogens (tertiary/aromatic N) is 1. The normalized spacial score (nSPS) is 10.2. The molecule has 1 aromatic heterocycles. The second-order valence-corrected chi connectivity index (χ2v) is 3.64. The van der Waals surface area contributed by atoms with Crippen molar-refractivity contribution in [2.45, 2.75) is 6.92 Å². The van der Waals surface area contributed by atoms with E-state index in [1.165, 1.54) is 12.1 Å². The van der Waals surface area contributed by atoms with Crippen LogP contribution in [0.25, 0.3) is 11.3 Å². The number of aromatic nitrogens is 1. The van der Waals surface area contributed by atoms with Crippen LogP contribution in [0.4, 0.5) is 10.1 Å². The summed E-state index contributed by atoms with van der Waals surface area (Å²) < 4.78 is 13.0. The molecule has 0 aliphatic rings. The van der Waals surface area contributed by atoms with Crippen molar-refractivity contribution in [1.29, 1.82) is 0 Å². The third-order valence-electron chi connectivity index (χ3n) is 2.52. The van der Waals surface area contributed by atoms with Crippen molar-refractivity contribution in [2.24, 2.45) is 0 Å². The van der Waals surface area contributed by atoms with E-state index < -0.39 is 0 Å². The van der Waals surface area contributed by atoms with Gasteiger partial charge in [-0.2, -0.15) is 0 Å². The standard InChI is InChI=1S/C13H13FN2/c1-9-7-10(14)3-5-12(9)13-6-4-11(15-2)8-16-13/h3-8,15H,1-2H3. The third-order valence-corrected chi connectivity index (χ3v) is 2.52. The molecule has 0 saturated carbocycles. The molecule has 0 aliphatic carbocycles. The molecular weight excluding hydrogens is 203 g/mol. The Morgan fingerprint density at radius 2 is 2.00 bits per heavy atom. The molecule has 2 rings (SSSR count). The molecule has 0 atom stereocenters. The second kappa shape index (κ2) is 4.31. The van der Waals surface area contributed by atoms with Crippen LogP contribution in [0.1, 0.15) is 5.56 Å². The van der Waals surface area contributed by atoms with Gasteiger partial charge in [-0.05, 0) is 42.8 Å². The van der Waals surface area contributed by atoms with Gasteiger partial charge in [0.2, 0.25) is 0 Å². The van der Waals surface area contributed by atoms with Gasteiger partial charge in [0.1, 0.15) is 5.82 Å². The molecule has 0 saturated heterocycles. The van der Waals surface area contributed by atoms with E-state index in [9.17, 15) is 4.39 Å². The zero-order valence-corrected chi connectivity index (χ0v) is 9.29. The molecule has 2 nitrogen and oxygen atoms in total. The van der Waals surface area contributed by atoms with Crippen molar-refractivity contribution in [3.05, 3.63) is 47.9 Å². The summed E-state index contributed by atoms with van der Waals surface area (Å²) in [5.74, 6) is -0.215. The molecule has 16 heavy (non-hydrogen) atoms. The number of anilines is 1. The lowest BCUT2D eigenvalue weighted by Gasteiger charge is -2.06. The van der Waals surface area contributed by atoms with Crippen molar-refractivity contribution in [2.75, 3.05) is 12.4 Å². The zero-order chi connectivity index (χ0) is 11.5. The van der Waals surface area contributed by atoms with Crippen LogP contribution in [-0.2, 0) is 0 Å². The Morgan fingerprint density at radius 3 is 2.56 bits per heavy atom. The van der Waals surface area contributed by atoms with Gasteiger partial charge in [-0.15, -0.1) is 0 Å². The van der Waals surface area contributed by atoms with Crippen LogP contribution in [0.2, 0.25) is 0 Å². The van der Waals surface area contributed by atoms with E-state index in [2.05, 4.69) is 10.3 Å². The average Bonchev–Trinajstić information content (AvgIpc) is 2.29. The smallest absolute Gasteiger partial charge is 0.123 e. The Bertz CT molecular complexity index is 492. The molecule has 1 aromatic carbocycles. The quantitative estimate of drug-likeness (QED) is 0.833. The Morgan fingerprint density at radius 1 is 1.19 bits per heavy atom. The summed E-state index contributed by atoms with van der Waals surface area (Å²) in [5.41, 5.74) is 3.67. The molecule has 3 heteroatoms. The van der Waals surface area contributed by atoms with Crippen molar-refractivity contribution in [3.8, 4) is 11.3 Å². The van der Waals surface area contributed by atoms with Crippen LogP contribution in [0, 0.1) is 12.7 Å². The first-order chi connectivity index (χ1) is 7.70. The molecule has 0 radical (unpaired) electrons. The van der Waals surface area contributed by atoms with Gasteiger partial charge in [0.05, 0.1) is 17.6 Å². The molecule has 0 amide bonds. The van der Waals surface area contributed by atoms with Crippen LogP contribution in [0.15, 0.2) is 36.5 Å². The summed E-state index contributed by atoms with van der Waals surface area (Å²) in [4.78, 5) is 4.33. The third kappa shape index (κ3) is 2.03. The fourth-order valence-corrected chi connectivity index (χ4v) is 1.62. The first kappa shape index (κ1) is 10.6. The first-order valence-corrected chi connectivity index (χ1v) is 5.11. The van der Waals surface area contributed by atoms with Gasteiger partial charge in [0.15, 0.2) is 0 Å². The molecule has 1 N–H and O–H groups in total. The van der Waals surface area contributed by atoms with Crippen molar-refractivity contribution < 1.29 is 4.39 Å². The summed E-state index contributed by atoms with van der Waals surface area (Å²) >= 11 is 0. The summed E-state index contributed by atoms with van der Waals surface area (Å²) in [6.07, 6.45) is 1.76. The molecule has 0 spiro atoms. The topological polar surface area (TPSA) is 24.9 Å². The second-order valence-electron chi connectivity index (χ2n) is 3.64. The van der Waals surface area contributed by atoms with Crippen molar-refractivity contribution >= 4 is 5.69 Å². The van der Waals surface area contributed by atoms with E-state index in [-0.39, 0.29) is 5.82 Å². The highest BCUT2D eigenvalue weighted by Gasteiger charge is 2.04. The van der Waals surface area contributed by atoms with Gasteiger partial charge < -0.3 is 5.32 Å². The highest BCUT2D eigenvalue weighted by molar-refractivity contribution is 5.64. The SMILES string of the molecule is CNc1ccc(-c2ccc(F)cc2C)nc1. The summed E-state index contributed by atoms with van der Waals surface area (Å²) in [6, 6.07) is 8.60. The Balaban J connectivity index is 2.42. The minimum absolute atomic E-state index is 0.215. The Kier molecular flexibility index (Phi) is 2.86. The number of aryl methyl sites for hydroxylation is 1. The zero-order valence-electron chi connectivity index (χ0n) is 9.29. The first-order valence-electron chi connectivity index (χ1n) is 5.11. The molecule has 0 aliphatic heterocycles. The predicted octanol–water partition coefficient (Wildman–Crippen LogP) is 3.24. The maximum Gasteiger partial charge on any atom is 0.123 e. The van der Waals surface area contributed by atoms with Crippen molar-refractivity contribution in [1.82, 2.24) is 4.98 Å². The maximum atomic E-state index is 13.0. The summed E-state index contributed by atoms with van der Waals surface area (Å²) in [5, 5.41) is 3.01. The number of pyridine rings is 1. The van der Waals surface area contributed by atoms with Gasteiger partial charge in [-0.25, -0.2) is 4.39 Å². The van der Waals surface area contributed by atoms with E-state index in [1.54, 1.807) is 12.3 Å². The van der Waals surface area contributed by atoms with Gasteiger partial charge in [0.25, 0.3) is 0 Å². The Hall–Kier alpha value is -1.90. The minimum atomic E-state index is -0.215. The van der Waals surface area contributed by atoms with E-state index in [0.29, 0.717) is 0 Å². The number of hydrogen-bond acceptors (Lipinski definition) is 2. The monoisotopic (exact) mass is 216 g/mol.